The van der Waals surface area contributed by atoms with E-state index in [0.29, 0.717) is 25.9 Å². The van der Waals surface area contributed by atoms with Crippen LogP contribution in [0.5, 0.6) is 5.75 Å². The summed E-state index contributed by atoms with van der Waals surface area (Å²) in [7, 11) is 0. The van der Waals surface area contributed by atoms with Gasteiger partial charge in [-0.2, -0.15) is 5.26 Å². The highest BCUT2D eigenvalue weighted by Gasteiger charge is 2.11. The molecule has 0 fully saturated rings. The fraction of sp³-hybridized carbons (Fsp3) is 0.125. The average Bonchev–Trinajstić information content (AvgIpc) is 2.49. The van der Waals surface area contributed by atoms with Crippen molar-refractivity contribution in [2.75, 3.05) is 5.32 Å². The van der Waals surface area contributed by atoms with Gasteiger partial charge in [-0.05, 0) is 50.1 Å². The van der Waals surface area contributed by atoms with Crippen LogP contribution in [0.2, 0.25) is 0 Å². The molecule has 0 saturated heterocycles. The van der Waals surface area contributed by atoms with E-state index in [1.807, 2.05) is 6.07 Å². The van der Waals surface area contributed by atoms with Gasteiger partial charge in [0, 0.05) is 23.0 Å². The van der Waals surface area contributed by atoms with Gasteiger partial charge in [0.1, 0.15) is 18.2 Å². The van der Waals surface area contributed by atoms with E-state index >= 15 is 0 Å². The van der Waals surface area contributed by atoms with Crippen LogP contribution in [0.3, 0.4) is 0 Å². The summed E-state index contributed by atoms with van der Waals surface area (Å²) in [5, 5.41) is 11.4. The number of hydrogen-bond acceptors (Lipinski definition) is 3. The summed E-state index contributed by atoms with van der Waals surface area (Å²) in [6.07, 6.45) is 0. The molecule has 4 nitrogen and oxygen atoms in total. The van der Waals surface area contributed by atoms with Crippen molar-refractivity contribution in [2.24, 2.45) is 0 Å². The maximum atomic E-state index is 13.8. The first-order valence-electron chi connectivity index (χ1n) is 6.48. The molecule has 0 unspecified atom stereocenters. The summed E-state index contributed by atoms with van der Waals surface area (Å²) in [5.41, 5.74) is 1.14. The third-order valence-electron chi connectivity index (χ3n) is 2.90. The van der Waals surface area contributed by atoms with Crippen molar-refractivity contribution < 1.29 is 13.9 Å². The Bertz CT molecular complexity index is 803. The van der Waals surface area contributed by atoms with Gasteiger partial charge in [0.25, 0.3) is 0 Å². The second-order valence-electron chi connectivity index (χ2n) is 4.65. The van der Waals surface area contributed by atoms with Gasteiger partial charge >= 0.3 is 0 Å². The highest BCUT2D eigenvalue weighted by molar-refractivity contribution is 9.11. The second kappa shape index (κ2) is 7.57. The minimum absolute atomic E-state index is 0.00269. The van der Waals surface area contributed by atoms with Gasteiger partial charge in [-0.15, -0.1) is 0 Å². The Morgan fingerprint density at radius 2 is 2.04 bits per heavy atom. The van der Waals surface area contributed by atoms with E-state index in [0.717, 1.165) is 6.07 Å². The van der Waals surface area contributed by atoms with Crippen LogP contribution in [0.4, 0.5) is 10.1 Å². The lowest BCUT2D eigenvalue weighted by Gasteiger charge is -2.13. The van der Waals surface area contributed by atoms with Crippen LogP contribution in [0.25, 0.3) is 0 Å². The SMILES string of the molecule is CC(=O)Nc1cc(OCc2ccc(C#N)cc2F)c(Br)cc1Br. The topological polar surface area (TPSA) is 62.1 Å². The first-order valence-corrected chi connectivity index (χ1v) is 8.07. The molecule has 0 aliphatic rings. The van der Waals surface area contributed by atoms with Gasteiger partial charge in [-0.25, -0.2) is 4.39 Å². The van der Waals surface area contributed by atoms with Crippen molar-refractivity contribution in [3.63, 3.8) is 0 Å². The van der Waals surface area contributed by atoms with Crippen molar-refractivity contribution in [1.29, 1.82) is 5.26 Å². The molecular weight excluding hydrogens is 431 g/mol. The number of halogens is 3. The van der Waals surface area contributed by atoms with E-state index in [4.69, 9.17) is 10.00 Å². The van der Waals surface area contributed by atoms with Gasteiger partial charge in [0.2, 0.25) is 5.91 Å². The average molecular weight is 442 g/mol. The minimum Gasteiger partial charge on any atom is -0.488 e. The van der Waals surface area contributed by atoms with Gasteiger partial charge in [0.05, 0.1) is 21.8 Å². The van der Waals surface area contributed by atoms with Crippen LogP contribution < -0.4 is 10.1 Å². The molecule has 0 saturated carbocycles. The zero-order chi connectivity index (χ0) is 17.0. The number of carbonyl (C=O) groups excluding carboxylic acids is 1. The van der Waals surface area contributed by atoms with Crippen molar-refractivity contribution in [3.8, 4) is 11.8 Å². The lowest BCUT2D eigenvalue weighted by molar-refractivity contribution is -0.114. The Morgan fingerprint density at radius 3 is 2.65 bits per heavy atom. The molecule has 1 N–H and O–H groups in total. The van der Waals surface area contributed by atoms with E-state index < -0.39 is 5.82 Å². The Balaban J connectivity index is 2.20. The Kier molecular flexibility index (Phi) is 5.74. The van der Waals surface area contributed by atoms with Crippen LogP contribution in [0, 0.1) is 17.1 Å². The van der Waals surface area contributed by atoms with Gasteiger partial charge in [-0.3, -0.25) is 4.79 Å². The molecule has 2 aromatic rings. The predicted molar refractivity (Wildman–Crippen MR) is 91.6 cm³/mol. The summed E-state index contributed by atoms with van der Waals surface area (Å²) in [6, 6.07) is 9.45. The van der Waals surface area contributed by atoms with Crippen molar-refractivity contribution in [2.45, 2.75) is 13.5 Å². The first-order chi connectivity index (χ1) is 10.9. The molecule has 23 heavy (non-hydrogen) atoms. The zero-order valence-corrected chi connectivity index (χ0v) is 15.2. The molecule has 0 radical (unpaired) electrons. The predicted octanol–water partition coefficient (Wildman–Crippen LogP) is 4.76. The molecule has 2 aromatic carbocycles. The number of rotatable bonds is 4. The largest absolute Gasteiger partial charge is 0.488 e. The molecule has 0 heterocycles. The number of nitrogens with one attached hydrogen (secondary N) is 1. The third-order valence-corrected chi connectivity index (χ3v) is 4.17. The number of anilines is 1. The van der Waals surface area contributed by atoms with Crippen LogP contribution >= 0.6 is 31.9 Å². The second-order valence-corrected chi connectivity index (χ2v) is 6.36. The summed E-state index contributed by atoms with van der Waals surface area (Å²) in [4.78, 5) is 11.2. The monoisotopic (exact) mass is 440 g/mol. The van der Waals surface area contributed by atoms with Gasteiger partial charge < -0.3 is 10.1 Å². The quantitative estimate of drug-likeness (QED) is 0.743. The normalized spacial score (nSPS) is 10.0. The lowest BCUT2D eigenvalue weighted by atomic mass is 10.1. The summed E-state index contributed by atoms with van der Waals surface area (Å²) in [6.45, 7) is 1.40. The van der Waals surface area contributed by atoms with E-state index in [9.17, 15) is 9.18 Å². The highest BCUT2D eigenvalue weighted by atomic mass is 79.9. The number of amides is 1. The molecule has 0 bridgehead atoms. The van der Waals surface area contributed by atoms with Crippen LogP contribution in [-0.2, 0) is 11.4 Å². The van der Waals surface area contributed by atoms with Crippen LogP contribution in [0.15, 0.2) is 39.3 Å². The fourth-order valence-corrected chi connectivity index (χ4v) is 3.02. The molecule has 118 valence electrons. The number of nitriles is 1. The standard InChI is InChI=1S/C16H11Br2FN2O2/c1-9(22)21-15-6-16(13(18)5-12(15)17)23-8-11-3-2-10(7-20)4-14(11)19/h2-6H,8H2,1H3,(H,21,22). The smallest absolute Gasteiger partial charge is 0.221 e. The third kappa shape index (κ3) is 4.53. The Morgan fingerprint density at radius 1 is 1.30 bits per heavy atom. The fourth-order valence-electron chi connectivity index (χ4n) is 1.81. The molecule has 7 heteroatoms. The van der Waals surface area contributed by atoms with E-state index in [-0.39, 0.29) is 18.1 Å². The van der Waals surface area contributed by atoms with Crippen molar-refractivity contribution >= 4 is 43.5 Å². The van der Waals surface area contributed by atoms with E-state index in [1.54, 1.807) is 12.1 Å². The maximum Gasteiger partial charge on any atom is 0.221 e. The Labute approximate surface area is 149 Å². The van der Waals surface area contributed by atoms with Crippen molar-refractivity contribution in [1.82, 2.24) is 0 Å². The Hall–Kier alpha value is -1.91. The van der Waals surface area contributed by atoms with Gasteiger partial charge in [0.15, 0.2) is 0 Å². The summed E-state index contributed by atoms with van der Waals surface area (Å²) >= 11 is 6.70. The number of carbonyl (C=O) groups is 1. The maximum absolute atomic E-state index is 13.8. The number of nitrogens with zero attached hydrogens (tertiary/aromatic N) is 1. The van der Waals surface area contributed by atoms with E-state index in [2.05, 4.69) is 37.2 Å². The molecule has 2 rings (SSSR count). The highest BCUT2D eigenvalue weighted by Crippen LogP contribution is 2.35. The summed E-state index contributed by atoms with van der Waals surface area (Å²) < 4.78 is 20.8. The molecule has 0 aromatic heterocycles. The molecule has 0 spiro atoms. The van der Waals surface area contributed by atoms with Crippen molar-refractivity contribution in [3.05, 3.63) is 56.2 Å². The molecule has 0 atom stereocenters. The number of benzene rings is 2. The lowest BCUT2D eigenvalue weighted by Crippen LogP contribution is -2.07. The van der Waals surface area contributed by atoms with Gasteiger partial charge in [-0.1, -0.05) is 6.07 Å². The molecular formula is C16H11Br2FN2O2. The summed E-state index contributed by atoms with van der Waals surface area (Å²) in [5.74, 6) is -0.253. The minimum atomic E-state index is -0.501. The van der Waals surface area contributed by atoms with E-state index in [1.165, 1.54) is 19.1 Å². The van der Waals surface area contributed by atoms with Crippen LogP contribution in [-0.4, -0.2) is 5.91 Å². The zero-order valence-electron chi connectivity index (χ0n) is 12.0. The molecule has 1 amide bonds. The molecule has 0 aliphatic carbocycles. The number of ether oxygens (including phenoxy) is 1. The van der Waals surface area contributed by atoms with Crippen LogP contribution in [0.1, 0.15) is 18.1 Å². The molecule has 0 aliphatic heterocycles. The number of hydrogen-bond donors (Lipinski definition) is 1. The first kappa shape index (κ1) is 17.4.